The molecule has 3 aromatic heterocycles. The van der Waals surface area contributed by atoms with Crippen LogP contribution in [0, 0.1) is 6.92 Å². The molecule has 1 amide bonds. The van der Waals surface area contributed by atoms with E-state index < -0.39 is 0 Å². The Bertz CT molecular complexity index is 1270. The van der Waals surface area contributed by atoms with E-state index in [1.165, 1.54) is 22.2 Å². The van der Waals surface area contributed by atoms with Crippen molar-refractivity contribution in [2.24, 2.45) is 7.05 Å². The standard InChI is InChI=1S/C20H19N5O3S/c1-12-16-19(21-11-25(20(16)27)10-13-8-22-24(2)9-13)29-17(12)18(26)23-14-6-4-5-7-15(14)28-3/h4-9,11H,10H2,1-3H3,(H,23,26). The third-order valence-corrected chi connectivity index (χ3v) is 5.79. The number of carbonyl (C=O) groups is 1. The number of fused-ring (bicyclic) bond motifs is 1. The van der Waals surface area contributed by atoms with E-state index in [2.05, 4.69) is 15.4 Å². The Labute approximate surface area is 170 Å². The molecule has 29 heavy (non-hydrogen) atoms. The Hall–Kier alpha value is -3.46. The van der Waals surface area contributed by atoms with E-state index in [0.29, 0.717) is 38.6 Å². The van der Waals surface area contributed by atoms with Gasteiger partial charge in [-0.25, -0.2) is 4.98 Å². The number of aromatic nitrogens is 4. The number of aryl methyl sites for hydroxylation is 2. The first-order chi connectivity index (χ1) is 14.0. The Kier molecular flexibility index (Phi) is 4.89. The molecule has 0 atom stereocenters. The van der Waals surface area contributed by atoms with Crippen molar-refractivity contribution in [3.8, 4) is 5.75 Å². The molecule has 1 aromatic carbocycles. The van der Waals surface area contributed by atoms with Crippen molar-refractivity contribution in [1.82, 2.24) is 19.3 Å². The minimum atomic E-state index is -0.298. The van der Waals surface area contributed by atoms with Gasteiger partial charge in [0.25, 0.3) is 11.5 Å². The molecule has 0 bridgehead atoms. The van der Waals surface area contributed by atoms with E-state index >= 15 is 0 Å². The van der Waals surface area contributed by atoms with Crippen molar-refractivity contribution >= 4 is 33.1 Å². The molecule has 8 nitrogen and oxygen atoms in total. The molecule has 0 spiro atoms. The minimum absolute atomic E-state index is 0.177. The summed E-state index contributed by atoms with van der Waals surface area (Å²) in [5.74, 6) is 0.268. The second-order valence-corrected chi connectivity index (χ2v) is 7.59. The number of hydrogen-bond acceptors (Lipinski definition) is 6. The van der Waals surface area contributed by atoms with Gasteiger partial charge in [0.15, 0.2) is 0 Å². The first-order valence-corrected chi connectivity index (χ1v) is 9.70. The molecular formula is C20H19N5O3S. The summed E-state index contributed by atoms with van der Waals surface area (Å²) >= 11 is 1.20. The number of para-hydroxylation sites is 2. The number of amides is 1. The summed E-state index contributed by atoms with van der Waals surface area (Å²) in [6.07, 6.45) is 5.07. The number of anilines is 1. The van der Waals surface area contributed by atoms with Crippen LogP contribution < -0.4 is 15.6 Å². The van der Waals surface area contributed by atoms with E-state index in [4.69, 9.17) is 4.74 Å². The van der Waals surface area contributed by atoms with E-state index in [-0.39, 0.29) is 11.5 Å². The number of nitrogens with zero attached hydrogens (tertiary/aromatic N) is 4. The average Bonchev–Trinajstić information content (AvgIpc) is 3.27. The lowest BCUT2D eigenvalue weighted by Crippen LogP contribution is -2.21. The maximum absolute atomic E-state index is 13.0. The quantitative estimate of drug-likeness (QED) is 0.547. The van der Waals surface area contributed by atoms with Gasteiger partial charge < -0.3 is 10.1 Å². The van der Waals surface area contributed by atoms with E-state index in [1.54, 1.807) is 37.0 Å². The molecule has 0 fully saturated rings. The van der Waals surface area contributed by atoms with Gasteiger partial charge in [0.05, 0.1) is 42.1 Å². The number of hydrogen-bond donors (Lipinski definition) is 1. The fraction of sp³-hybridized carbons (Fsp3) is 0.200. The zero-order valence-corrected chi connectivity index (χ0v) is 17.0. The van der Waals surface area contributed by atoms with Gasteiger partial charge in [-0.05, 0) is 24.6 Å². The molecule has 4 aromatic rings. The van der Waals surface area contributed by atoms with Gasteiger partial charge >= 0.3 is 0 Å². The molecule has 0 unspecified atom stereocenters. The van der Waals surface area contributed by atoms with Crippen molar-refractivity contribution in [2.75, 3.05) is 12.4 Å². The monoisotopic (exact) mass is 409 g/mol. The fourth-order valence-electron chi connectivity index (χ4n) is 3.17. The molecular weight excluding hydrogens is 390 g/mol. The first kappa shape index (κ1) is 18.9. The highest BCUT2D eigenvalue weighted by atomic mass is 32.1. The number of benzene rings is 1. The smallest absolute Gasteiger partial charge is 0.266 e. The van der Waals surface area contributed by atoms with E-state index in [9.17, 15) is 9.59 Å². The first-order valence-electron chi connectivity index (χ1n) is 8.88. The number of nitrogens with one attached hydrogen (secondary N) is 1. The van der Waals surface area contributed by atoms with Gasteiger partial charge in [-0.3, -0.25) is 18.8 Å². The summed E-state index contributed by atoms with van der Waals surface area (Å²) in [6.45, 7) is 2.14. The molecule has 0 aliphatic heterocycles. The summed E-state index contributed by atoms with van der Waals surface area (Å²) in [5.41, 5.74) is 1.91. The van der Waals surface area contributed by atoms with Gasteiger partial charge in [0.2, 0.25) is 0 Å². The lowest BCUT2D eigenvalue weighted by molar-refractivity contribution is 0.102. The molecule has 3 heterocycles. The van der Waals surface area contributed by atoms with Crippen LogP contribution in [0.1, 0.15) is 20.8 Å². The summed E-state index contributed by atoms with van der Waals surface area (Å²) < 4.78 is 8.49. The number of rotatable bonds is 5. The normalized spacial score (nSPS) is 11.0. The van der Waals surface area contributed by atoms with Crippen molar-refractivity contribution < 1.29 is 9.53 Å². The Balaban J connectivity index is 1.69. The topological polar surface area (TPSA) is 91.0 Å². The van der Waals surface area contributed by atoms with Crippen LogP contribution >= 0.6 is 11.3 Å². The Morgan fingerprint density at radius 1 is 1.31 bits per heavy atom. The van der Waals surface area contributed by atoms with Crippen LogP contribution in [0.25, 0.3) is 10.2 Å². The number of thiophene rings is 1. The van der Waals surface area contributed by atoms with Crippen molar-refractivity contribution in [2.45, 2.75) is 13.5 Å². The van der Waals surface area contributed by atoms with Gasteiger partial charge in [-0.15, -0.1) is 11.3 Å². The van der Waals surface area contributed by atoms with Gasteiger partial charge in [-0.1, -0.05) is 12.1 Å². The largest absolute Gasteiger partial charge is 0.495 e. The summed E-state index contributed by atoms with van der Waals surface area (Å²) in [7, 11) is 3.37. The van der Waals surface area contributed by atoms with Crippen LogP contribution in [0.4, 0.5) is 5.69 Å². The zero-order valence-electron chi connectivity index (χ0n) is 16.2. The van der Waals surface area contributed by atoms with Crippen LogP contribution in [-0.2, 0) is 13.6 Å². The van der Waals surface area contributed by atoms with Gasteiger partial charge in [0.1, 0.15) is 10.6 Å². The van der Waals surface area contributed by atoms with Crippen LogP contribution in [0.5, 0.6) is 5.75 Å². The van der Waals surface area contributed by atoms with Gasteiger partial charge in [-0.2, -0.15) is 5.10 Å². The zero-order chi connectivity index (χ0) is 20.5. The Morgan fingerprint density at radius 2 is 2.10 bits per heavy atom. The molecule has 0 aliphatic rings. The van der Waals surface area contributed by atoms with Crippen molar-refractivity contribution in [3.05, 3.63) is 69.3 Å². The van der Waals surface area contributed by atoms with E-state index in [0.717, 1.165) is 5.56 Å². The van der Waals surface area contributed by atoms with Crippen LogP contribution in [-0.4, -0.2) is 32.3 Å². The van der Waals surface area contributed by atoms with E-state index in [1.807, 2.05) is 25.4 Å². The second kappa shape index (κ2) is 7.51. The maximum Gasteiger partial charge on any atom is 0.266 e. The predicted molar refractivity (Wildman–Crippen MR) is 112 cm³/mol. The minimum Gasteiger partial charge on any atom is -0.495 e. The van der Waals surface area contributed by atoms with Crippen LogP contribution in [0.3, 0.4) is 0 Å². The van der Waals surface area contributed by atoms with Crippen LogP contribution in [0.2, 0.25) is 0 Å². The molecule has 1 N–H and O–H groups in total. The maximum atomic E-state index is 13.0. The van der Waals surface area contributed by atoms with Crippen molar-refractivity contribution in [3.63, 3.8) is 0 Å². The highest BCUT2D eigenvalue weighted by molar-refractivity contribution is 7.20. The summed E-state index contributed by atoms with van der Waals surface area (Å²) in [6, 6.07) is 7.17. The highest BCUT2D eigenvalue weighted by Gasteiger charge is 2.20. The lowest BCUT2D eigenvalue weighted by atomic mass is 10.2. The third-order valence-electron chi connectivity index (χ3n) is 4.59. The van der Waals surface area contributed by atoms with Gasteiger partial charge in [0, 0.05) is 18.8 Å². The SMILES string of the molecule is COc1ccccc1NC(=O)c1sc2ncn(Cc3cnn(C)c3)c(=O)c2c1C. The molecule has 0 saturated carbocycles. The van der Waals surface area contributed by atoms with Crippen molar-refractivity contribution in [1.29, 1.82) is 0 Å². The molecule has 0 saturated heterocycles. The second-order valence-electron chi connectivity index (χ2n) is 6.59. The molecule has 0 aliphatic carbocycles. The molecule has 148 valence electrons. The molecule has 0 radical (unpaired) electrons. The summed E-state index contributed by atoms with van der Waals surface area (Å²) in [4.78, 5) is 31.3. The predicted octanol–water partition coefficient (Wildman–Crippen LogP) is 2.81. The Morgan fingerprint density at radius 3 is 2.83 bits per heavy atom. The average molecular weight is 409 g/mol. The molecule has 4 rings (SSSR count). The highest BCUT2D eigenvalue weighted by Crippen LogP contribution is 2.29. The fourth-order valence-corrected chi connectivity index (χ4v) is 4.20. The number of carbonyl (C=O) groups excluding carboxylic acids is 1. The summed E-state index contributed by atoms with van der Waals surface area (Å²) in [5, 5.41) is 7.44. The number of methoxy groups -OCH3 is 1. The van der Waals surface area contributed by atoms with Crippen LogP contribution in [0.15, 0.2) is 47.8 Å². The molecule has 9 heteroatoms. The lowest BCUT2D eigenvalue weighted by Gasteiger charge is -2.09. The third kappa shape index (κ3) is 3.52. The number of ether oxygens (including phenoxy) is 1.